The minimum Gasteiger partial charge on any atom is -0.475 e. The van der Waals surface area contributed by atoms with Crippen LogP contribution in [0.25, 0.3) is 10.9 Å². The fourth-order valence-electron chi connectivity index (χ4n) is 1.91. The molecule has 2 aromatic rings. The lowest BCUT2D eigenvalue weighted by atomic mass is 10.1. The Morgan fingerprint density at radius 3 is 2.83 bits per heavy atom. The van der Waals surface area contributed by atoms with Crippen LogP contribution in [-0.4, -0.2) is 18.1 Å². The van der Waals surface area contributed by atoms with Crippen molar-refractivity contribution in [2.24, 2.45) is 0 Å². The molecule has 0 radical (unpaired) electrons. The zero-order valence-corrected chi connectivity index (χ0v) is 11.2. The number of aromatic nitrogens is 1. The van der Waals surface area contributed by atoms with Gasteiger partial charge in [0.25, 0.3) is 0 Å². The molecule has 0 spiro atoms. The van der Waals surface area contributed by atoms with E-state index in [1.165, 1.54) is 10.9 Å². The van der Waals surface area contributed by atoms with Crippen LogP contribution in [0.5, 0.6) is 5.88 Å². The van der Waals surface area contributed by atoms with Gasteiger partial charge in [0.1, 0.15) is 0 Å². The predicted molar refractivity (Wildman–Crippen MR) is 74.9 cm³/mol. The second-order valence-corrected chi connectivity index (χ2v) is 4.50. The highest BCUT2D eigenvalue weighted by Gasteiger charge is 2.08. The highest BCUT2D eigenvalue weighted by atomic mass is 16.5. The van der Waals surface area contributed by atoms with Gasteiger partial charge in [0.2, 0.25) is 5.88 Å². The minimum absolute atomic E-state index is 0.195. The van der Waals surface area contributed by atoms with Gasteiger partial charge in [0.05, 0.1) is 11.6 Å². The molecule has 0 aliphatic rings. The third-order valence-electron chi connectivity index (χ3n) is 3.04. The molecule has 18 heavy (non-hydrogen) atoms. The van der Waals surface area contributed by atoms with Crippen molar-refractivity contribution >= 4 is 10.9 Å². The van der Waals surface area contributed by atoms with Gasteiger partial charge in [0.15, 0.2) is 0 Å². The number of pyridine rings is 1. The van der Waals surface area contributed by atoms with Gasteiger partial charge >= 0.3 is 0 Å². The number of nitrogens with one attached hydrogen (secondary N) is 1. The zero-order valence-electron chi connectivity index (χ0n) is 11.2. The molecule has 0 fully saturated rings. The van der Waals surface area contributed by atoms with Crippen LogP contribution in [0.4, 0.5) is 0 Å². The standard InChI is InChI=1S/C15H20N2O/c1-4-11(2)18-15-9-12(10-16-3)13-7-5-6-8-14(13)17-15/h5-9,11,16H,4,10H2,1-3H3. The minimum atomic E-state index is 0.195. The first kappa shape index (κ1) is 12.8. The van der Waals surface area contributed by atoms with E-state index in [0.717, 1.165) is 18.5 Å². The number of hydrogen-bond donors (Lipinski definition) is 1. The van der Waals surface area contributed by atoms with Gasteiger partial charge < -0.3 is 10.1 Å². The maximum Gasteiger partial charge on any atom is 0.214 e. The number of fused-ring (bicyclic) bond motifs is 1. The van der Waals surface area contributed by atoms with Gasteiger partial charge in [0, 0.05) is 18.0 Å². The largest absolute Gasteiger partial charge is 0.475 e. The van der Waals surface area contributed by atoms with E-state index >= 15 is 0 Å². The Kier molecular flexibility index (Phi) is 4.15. The van der Waals surface area contributed by atoms with E-state index in [1.807, 2.05) is 31.3 Å². The summed E-state index contributed by atoms with van der Waals surface area (Å²) in [6.45, 7) is 4.99. The third kappa shape index (κ3) is 2.79. The second-order valence-electron chi connectivity index (χ2n) is 4.50. The fourth-order valence-corrected chi connectivity index (χ4v) is 1.91. The Hall–Kier alpha value is -1.61. The summed E-state index contributed by atoms with van der Waals surface area (Å²) in [6, 6.07) is 10.2. The van der Waals surface area contributed by atoms with Gasteiger partial charge in [-0.2, -0.15) is 0 Å². The summed E-state index contributed by atoms with van der Waals surface area (Å²) in [5.74, 6) is 0.716. The van der Waals surface area contributed by atoms with Crippen molar-refractivity contribution in [3.8, 4) is 5.88 Å². The molecule has 1 aromatic heterocycles. The molecule has 1 aromatic carbocycles. The topological polar surface area (TPSA) is 34.1 Å². The van der Waals surface area contributed by atoms with Gasteiger partial charge in [-0.05, 0) is 32.0 Å². The molecule has 0 bridgehead atoms. The first-order chi connectivity index (χ1) is 8.74. The monoisotopic (exact) mass is 244 g/mol. The smallest absolute Gasteiger partial charge is 0.214 e. The van der Waals surface area contributed by atoms with Gasteiger partial charge in [-0.1, -0.05) is 25.1 Å². The molecule has 0 amide bonds. The normalized spacial score (nSPS) is 12.6. The van der Waals surface area contributed by atoms with E-state index in [4.69, 9.17) is 4.74 Å². The average Bonchev–Trinajstić information content (AvgIpc) is 2.39. The Morgan fingerprint density at radius 1 is 1.33 bits per heavy atom. The predicted octanol–water partition coefficient (Wildman–Crippen LogP) is 3.13. The van der Waals surface area contributed by atoms with Crippen LogP contribution in [0.15, 0.2) is 30.3 Å². The van der Waals surface area contributed by atoms with E-state index in [-0.39, 0.29) is 6.10 Å². The number of rotatable bonds is 5. The van der Waals surface area contributed by atoms with Gasteiger partial charge in [-0.3, -0.25) is 0 Å². The summed E-state index contributed by atoms with van der Waals surface area (Å²) in [4.78, 5) is 4.56. The molecule has 1 heterocycles. The van der Waals surface area contributed by atoms with Crippen molar-refractivity contribution < 1.29 is 4.74 Å². The molecular formula is C15H20N2O. The van der Waals surface area contributed by atoms with Crippen molar-refractivity contribution in [1.29, 1.82) is 0 Å². The maximum absolute atomic E-state index is 5.82. The van der Waals surface area contributed by atoms with Crippen LogP contribution in [0.3, 0.4) is 0 Å². The molecule has 2 rings (SSSR count). The molecule has 3 nitrogen and oxygen atoms in total. The summed E-state index contributed by atoms with van der Waals surface area (Å²) < 4.78 is 5.82. The lowest BCUT2D eigenvalue weighted by Crippen LogP contribution is -2.12. The average molecular weight is 244 g/mol. The van der Waals surface area contributed by atoms with Crippen molar-refractivity contribution in [1.82, 2.24) is 10.3 Å². The maximum atomic E-state index is 5.82. The van der Waals surface area contributed by atoms with E-state index in [0.29, 0.717) is 5.88 Å². The molecule has 96 valence electrons. The summed E-state index contributed by atoms with van der Waals surface area (Å²) in [6.07, 6.45) is 1.18. The van der Waals surface area contributed by atoms with Crippen LogP contribution < -0.4 is 10.1 Å². The van der Waals surface area contributed by atoms with E-state index < -0.39 is 0 Å². The quantitative estimate of drug-likeness (QED) is 0.877. The van der Waals surface area contributed by atoms with Crippen LogP contribution in [0.1, 0.15) is 25.8 Å². The number of hydrogen-bond acceptors (Lipinski definition) is 3. The molecular weight excluding hydrogens is 224 g/mol. The van der Waals surface area contributed by atoms with Crippen molar-refractivity contribution in [3.05, 3.63) is 35.9 Å². The molecule has 1 N–H and O–H groups in total. The van der Waals surface area contributed by atoms with Crippen LogP contribution in [0.2, 0.25) is 0 Å². The molecule has 0 saturated heterocycles. The lowest BCUT2D eigenvalue weighted by molar-refractivity contribution is 0.209. The molecule has 0 aliphatic carbocycles. The number of para-hydroxylation sites is 1. The molecule has 0 aliphatic heterocycles. The zero-order chi connectivity index (χ0) is 13.0. The molecule has 1 unspecified atom stereocenters. The first-order valence-corrected chi connectivity index (χ1v) is 6.44. The summed E-state index contributed by atoms with van der Waals surface area (Å²) >= 11 is 0. The van der Waals surface area contributed by atoms with E-state index in [9.17, 15) is 0 Å². The van der Waals surface area contributed by atoms with E-state index in [1.54, 1.807) is 0 Å². The first-order valence-electron chi connectivity index (χ1n) is 6.44. The summed E-state index contributed by atoms with van der Waals surface area (Å²) in [5, 5.41) is 4.37. The van der Waals surface area contributed by atoms with Crippen LogP contribution in [-0.2, 0) is 6.54 Å². The van der Waals surface area contributed by atoms with E-state index in [2.05, 4.69) is 30.2 Å². The number of benzene rings is 1. The summed E-state index contributed by atoms with van der Waals surface area (Å²) in [5.41, 5.74) is 2.21. The second kappa shape index (κ2) is 5.83. The summed E-state index contributed by atoms with van der Waals surface area (Å²) in [7, 11) is 1.95. The Labute approximate surface area is 108 Å². The molecule has 3 heteroatoms. The Balaban J connectivity index is 2.43. The van der Waals surface area contributed by atoms with Gasteiger partial charge in [-0.25, -0.2) is 4.98 Å². The number of ether oxygens (including phenoxy) is 1. The van der Waals surface area contributed by atoms with Crippen molar-refractivity contribution in [2.45, 2.75) is 32.9 Å². The fraction of sp³-hybridized carbons (Fsp3) is 0.400. The SMILES string of the molecule is CCC(C)Oc1cc(CNC)c2ccccc2n1. The van der Waals surface area contributed by atoms with Crippen LogP contribution in [0, 0.1) is 0 Å². The van der Waals surface area contributed by atoms with Crippen molar-refractivity contribution in [3.63, 3.8) is 0 Å². The molecule has 1 atom stereocenters. The highest BCUT2D eigenvalue weighted by Crippen LogP contribution is 2.22. The third-order valence-corrected chi connectivity index (χ3v) is 3.04. The highest BCUT2D eigenvalue weighted by molar-refractivity contribution is 5.82. The lowest BCUT2D eigenvalue weighted by Gasteiger charge is -2.14. The van der Waals surface area contributed by atoms with Gasteiger partial charge in [-0.15, -0.1) is 0 Å². The van der Waals surface area contributed by atoms with Crippen molar-refractivity contribution in [2.75, 3.05) is 7.05 Å². The van der Waals surface area contributed by atoms with Crippen LogP contribution >= 0.6 is 0 Å². The Morgan fingerprint density at radius 2 is 2.11 bits per heavy atom. The number of nitrogens with zero attached hydrogens (tertiary/aromatic N) is 1. The molecule has 0 saturated carbocycles. The Bertz CT molecular complexity index is 525.